The second-order valence-electron chi connectivity index (χ2n) is 5.12. The highest BCUT2D eigenvalue weighted by atomic mass is 16.7. The van der Waals surface area contributed by atoms with Gasteiger partial charge in [0.1, 0.15) is 5.69 Å². The molecule has 1 aromatic carbocycles. The van der Waals surface area contributed by atoms with E-state index in [2.05, 4.69) is 10.3 Å². The van der Waals surface area contributed by atoms with Crippen molar-refractivity contribution in [2.24, 2.45) is 0 Å². The summed E-state index contributed by atoms with van der Waals surface area (Å²) in [5, 5.41) is 13.0. The highest BCUT2D eigenvalue weighted by Gasteiger charge is 2.15. The van der Waals surface area contributed by atoms with Crippen molar-refractivity contribution in [2.75, 3.05) is 34.4 Å². The average molecular weight is 350 g/mol. The van der Waals surface area contributed by atoms with Crippen molar-refractivity contribution in [3.05, 3.63) is 47.8 Å². The molecule has 0 aliphatic rings. The molecular formula is C17H22N2O6. The summed E-state index contributed by atoms with van der Waals surface area (Å²) in [6, 6.07) is 8.37. The number of hydrogen-bond acceptors (Lipinski definition) is 6. The monoisotopic (exact) mass is 350 g/mol. The van der Waals surface area contributed by atoms with Crippen LogP contribution >= 0.6 is 0 Å². The van der Waals surface area contributed by atoms with E-state index in [9.17, 15) is 9.90 Å². The molecule has 0 saturated carbocycles. The van der Waals surface area contributed by atoms with Crippen LogP contribution in [-0.4, -0.2) is 50.3 Å². The molecular weight excluding hydrogens is 328 g/mol. The van der Waals surface area contributed by atoms with Gasteiger partial charge in [0.15, 0.2) is 25.1 Å². The van der Waals surface area contributed by atoms with Gasteiger partial charge in [-0.3, -0.25) is 4.79 Å². The van der Waals surface area contributed by atoms with E-state index in [0.717, 1.165) is 0 Å². The lowest BCUT2D eigenvalue weighted by Gasteiger charge is -2.16. The van der Waals surface area contributed by atoms with Crippen LogP contribution in [0.2, 0.25) is 0 Å². The number of aliphatic hydroxyl groups is 1. The van der Waals surface area contributed by atoms with Gasteiger partial charge in [-0.1, -0.05) is 6.07 Å². The SMILES string of the molecule is COCOc1ccc(C(O)CNC(=O)c2ccc[nH]2)cc1OCOC. The first-order chi connectivity index (χ1) is 12.2. The largest absolute Gasteiger partial charge is 0.464 e. The molecule has 1 heterocycles. The third-order valence-corrected chi connectivity index (χ3v) is 3.32. The highest BCUT2D eigenvalue weighted by Crippen LogP contribution is 2.30. The van der Waals surface area contributed by atoms with Crippen molar-refractivity contribution < 1.29 is 28.8 Å². The van der Waals surface area contributed by atoms with Crippen molar-refractivity contribution in [2.45, 2.75) is 6.10 Å². The molecule has 1 unspecified atom stereocenters. The quantitative estimate of drug-likeness (QED) is 0.561. The Morgan fingerprint density at radius 1 is 1.16 bits per heavy atom. The zero-order chi connectivity index (χ0) is 18.1. The second-order valence-corrected chi connectivity index (χ2v) is 5.12. The smallest absolute Gasteiger partial charge is 0.267 e. The third-order valence-electron chi connectivity index (χ3n) is 3.32. The summed E-state index contributed by atoms with van der Waals surface area (Å²) in [5.41, 5.74) is 1.00. The fraction of sp³-hybridized carbons (Fsp3) is 0.353. The maximum atomic E-state index is 11.9. The Hall–Kier alpha value is -2.55. The fourth-order valence-electron chi connectivity index (χ4n) is 2.08. The van der Waals surface area contributed by atoms with Gasteiger partial charge < -0.3 is 34.4 Å². The number of hydrogen-bond donors (Lipinski definition) is 3. The van der Waals surface area contributed by atoms with Gasteiger partial charge in [-0.15, -0.1) is 0 Å². The van der Waals surface area contributed by atoms with Crippen molar-refractivity contribution in [3.8, 4) is 11.5 Å². The van der Waals surface area contributed by atoms with Gasteiger partial charge in [0, 0.05) is 27.0 Å². The Morgan fingerprint density at radius 2 is 1.88 bits per heavy atom. The minimum atomic E-state index is -0.903. The van der Waals surface area contributed by atoms with Crippen LogP contribution in [0.1, 0.15) is 22.2 Å². The van der Waals surface area contributed by atoms with Gasteiger partial charge in [0.05, 0.1) is 6.10 Å². The number of H-pyrrole nitrogens is 1. The fourth-order valence-corrected chi connectivity index (χ4v) is 2.08. The molecule has 0 aliphatic heterocycles. The number of amides is 1. The van der Waals surface area contributed by atoms with Gasteiger partial charge >= 0.3 is 0 Å². The molecule has 0 saturated heterocycles. The van der Waals surface area contributed by atoms with Crippen molar-refractivity contribution >= 4 is 5.91 Å². The van der Waals surface area contributed by atoms with Gasteiger partial charge in [0.25, 0.3) is 5.91 Å². The zero-order valence-corrected chi connectivity index (χ0v) is 14.2. The predicted molar refractivity (Wildman–Crippen MR) is 89.5 cm³/mol. The van der Waals surface area contributed by atoms with Crippen LogP contribution in [0.25, 0.3) is 0 Å². The standard InChI is InChI=1S/C17H22N2O6/c1-22-10-24-15-6-5-12(8-16(15)25-11-23-2)14(20)9-19-17(21)13-4-3-7-18-13/h3-8,14,18,20H,9-11H2,1-2H3,(H,19,21). The van der Waals surface area contributed by atoms with Crippen LogP contribution in [-0.2, 0) is 9.47 Å². The number of benzene rings is 1. The Bertz CT molecular complexity index is 659. The Kier molecular flexibility index (Phi) is 7.27. The Morgan fingerprint density at radius 3 is 2.52 bits per heavy atom. The van der Waals surface area contributed by atoms with Crippen LogP contribution in [0, 0.1) is 0 Å². The van der Waals surface area contributed by atoms with E-state index < -0.39 is 6.10 Å². The molecule has 1 amide bonds. The molecule has 2 aromatic rings. The molecule has 0 aliphatic carbocycles. The Balaban J connectivity index is 2.02. The topological polar surface area (TPSA) is 102 Å². The maximum Gasteiger partial charge on any atom is 0.267 e. The molecule has 2 rings (SSSR count). The van der Waals surface area contributed by atoms with E-state index in [0.29, 0.717) is 22.8 Å². The van der Waals surface area contributed by atoms with Crippen molar-refractivity contribution in [1.82, 2.24) is 10.3 Å². The summed E-state index contributed by atoms with van der Waals surface area (Å²) in [4.78, 5) is 14.7. The summed E-state index contributed by atoms with van der Waals surface area (Å²) >= 11 is 0. The van der Waals surface area contributed by atoms with E-state index in [1.165, 1.54) is 14.2 Å². The number of aromatic amines is 1. The van der Waals surface area contributed by atoms with Gasteiger partial charge in [-0.25, -0.2) is 0 Å². The number of aliphatic hydroxyl groups excluding tert-OH is 1. The lowest BCUT2D eigenvalue weighted by molar-refractivity contribution is 0.0320. The number of nitrogens with one attached hydrogen (secondary N) is 2. The Labute approximate surface area is 145 Å². The number of ether oxygens (including phenoxy) is 4. The van der Waals surface area contributed by atoms with Crippen LogP contribution in [0.15, 0.2) is 36.5 Å². The molecule has 25 heavy (non-hydrogen) atoms. The first kappa shape index (κ1) is 18.8. The van der Waals surface area contributed by atoms with E-state index >= 15 is 0 Å². The molecule has 8 nitrogen and oxygen atoms in total. The molecule has 0 spiro atoms. The normalized spacial score (nSPS) is 11.8. The van der Waals surface area contributed by atoms with E-state index in [1.807, 2.05) is 0 Å². The zero-order valence-electron chi connectivity index (χ0n) is 14.2. The van der Waals surface area contributed by atoms with E-state index in [4.69, 9.17) is 18.9 Å². The first-order valence-electron chi connectivity index (χ1n) is 7.62. The molecule has 136 valence electrons. The molecule has 0 fully saturated rings. The van der Waals surface area contributed by atoms with Crippen LogP contribution in [0.5, 0.6) is 11.5 Å². The van der Waals surface area contributed by atoms with Crippen molar-refractivity contribution in [3.63, 3.8) is 0 Å². The first-order valence-corrected chi connectivity index (χ1v) is 7.62. The lowest BCUT2D eigenvalue weighted by Crippen LogP contribution is -2.28. The average Bonchev–Trinajstić information content (AvgIpc) is 3.17. The maximum absolute atomic E-state index is 11.9. The van der Waals surface area contributed by atoms with E-state index in [-0.39, 0.29) is 26.0 Å². The summed E-state index contributed by atoms with van der Waals surface area (Å²) in [6.07, 6.45) is 0.754. The summed E-state index contributed by atoms with van der Waals surface area (Å²) in [6.45, 7) is 0.156. The lowest BCUT2D eigenvalue weighted by atomic mass is 10.1. The molecule has 3 N–H and O–H groups in total. The number of aromatic nitrogens is 1. The molecule has 0 bridgehead atoms. The predicted octanol–water partition coefficient (Wildman–Crippen LogP) is 1.44. The molecule has 8 heteroatoms. The van der Waals surface area contributed by atoms with Crippen LogP contribution in [0.3, 0.4) is 0 Å². The van der Waals surface area contributed by atoms with E-state index in [1.54, 1.807) is 36.5 Å². The van der Waals surface area contributed by atoms with Gasteiger partial charge in [-0.05, 0) is 29.8 Å². The molecule has 0 radical (unpaired) electrons. The van der Waals surface area contributed by atoms with Crippen molar-refractivity contribution in [1.29, 1.82) is 0 Å². The summed E-state index contributed by atoms with van der Waals surface area (Å²) in [7, 11) is 3.02. The number of methoxy groups -OCH3 is 2. The summed E-state index contributed by atoms with van der Waals surface area (Å²) < 4.78 is 20.6. The third kappa shape index (κ3) is 5.49. The van der Waals surface area contributed by atoms with Gasteiger partial charge in [0.2, 0.25) is 0 Å². The molecule has 1 atom stereocenters. The van der Waals surface area contributed by atoms with Crippen LogP contribution < -0.4 is 14.8 Å². The summed E-state index contributed by atoms with van der Waals surface area (Å²) in [5.74, 6) is 0.580. The number of carbonyl (C=O) groups is 1. The minimum Gasteiger partial charge on any atom is -0.464 e. The highest BCUT2D eigenvalue weighted by molar-refractivity contribution is 5.92. The second kappa shape index (κ2) is 9.67. The number of carbonyl (C=O) groups excluding carboxylic acids is 1. The molecule has 1 aromatic heterocycles. The minimum absolute atomic E-state index is 0.0342. The van der Waals surface area contributed by atoms with Gasteiger partial charge in [-0.2, -0.15) is 0 Å². The van der Waals surface area contributed by atoms with Crippen LogP contribution in [0.4, 0.5) is 0 Å². The number of rotatable bonds is 10.